The lowest BCUT2D eigenvalue weighted by molar-refractivity contribution is -0.130. The summed E-state index contributed by atoms with van der Waals surface area (Å²) in [5.74, 6) is -0.401. The van der Waals surface area contributed by atoms with Gasteiger partial charge < -0.3 is 0 Å². The maximum atomic E-state index is 13.1. The second-order valence-corrected chi connectivity index (χ2v) is 10.9. The van der Waals surface area contributed by atoms with Crippen LogP contribution in [0.4, 0.5) is 0 Å². The Balaban J connectivity index is 1.75. The van der Waals surface area contributed by atoms with E-state index in [9.17, 15) is 9.59 Å². The van der Waals surface area contributed by atoms with Crippen LogP contribution in [0, 0.1) is 0 Å². The highest BCUT2D eigenvalue weighted by Crippen LogP contribution is 2.32. The lowest BCUT2D eigenvalue weighted by Gasteiger charge is -2.34. The number of hydrogen-bond donors (Lipinski definition) is 0. The second kappa shape index (κ2) is 10.2. The Bertz CT molecular complexity index is 829. The Hall–Kier alpha value is -2.18. The molecule has 1 aliphatic rings. The van der Waals surface area contributed by atoms with E-state index in [1.807, 2.05) is 36.4 Å². The average Bonchev–Trinajstić information content (AvgIpc) is 2.73. The topological polar surface area (TPSA) is 40.6 Å². The van der Waals surface area contributed by atoms with Crippen molar-refractivity contribution in [3.63, 3.8) is 0 Å². The fraction of sp³-hybridized carbons (Fsp3) is 0.333. The van der Waals surface area contributed by atoms with Crippen molar-refractivity contribution in [3.05, 3.63) is 82.8 Å². The SMILES string of the molecule is CC(C)(C)SC=C1C(=O)N(CCc2ccccc2)SN(CCc2ccccc2)C1=O. The molecule has 0 radical (unpaired) electrons. The molecule has 0 unspecified atom stereocenters. The van der Waals surface area contributed by atoms with E-state index in [4.69, 9.17) is 0 Å². The van der Waals surface area contributed by atoms with Crippen molar-refractivity contribution in [1.82, 2.24) is 8.61 Å². The van der Waals surface area contributed by atoms with E-state index in [1.54, 1.807) is 14.0 Å². The third-order valence-electron chi connectivity index (χ3n) is 4.53. The maximum Gasteiger partial charge on any atom is 0.271 e. The summed E-state index contributed by atoms with van der Waals surface area (Å²) in [6.07, 6.45) is 1.50. The molecule has 2 aromatic rings. The molecule has 2 aromatic carbocycles. The van der Waals surface area contributed by atoms with Gasteiger partial charge in [-0.2, -0.15) is 0 Å². The van der Waals surface area contributed by atoms with E-state index in [-0.39, 0.29) is 22.1 Å². The zero-order valence-electron chi connectivity index (χ0n) is 17.7. The first kappa shape index (κ1) is 22.5. The molecule has 1 saturated heterocycles. The molecular weight excluding hydrogens is 412 g/mol. The number of thioether (sulfide) groups is 1. The number of carbonyl (C=O) groups is 2. The van der Waals surface area contributed by atoms with Gasteiger partial charge >= 0.3 is 0 Å². The van der Waals surface area contributed by atoms with Crippen molar-refractivity contribution >= 4 is 35.7 Å². The molecule has 1 fully saturated rings. The Morgan fingerprint density at radius 1 is 0.800 bits per heavy atom. The van der Waals surface area contributed by atoms with Crippen LogP contribution in [0.2, 0.25) is 0 Å². The molecule has 0 aliphatic carbocycles. The van der Waals surface area contributed by atoms with E-state index in [2.05, 4.69) is 45.0 Å². The molecule has 6 heteroatoms. The van der Waals surface area contributed by atoms with Gasteiger partial charge in [-0.1, -0.05) is 81.4 Å². The minimum Gasteiger partial charge on any atom is -0.268 e. The fourth-order valence-electron chi connectivity index (χ4n) is 2.93. The van der Waals surface area contributed by atoms with Crippen molar-refractivity contribution in [3.8, 4) is 0 Å². The van der Waals surface area contributed by atoms with Crippen molar-refractivity contribution in [1.29, 1.82) is 0 Å². The molecule has 0 saturated carbocycles. The quantitative estimate of drug-likeness (QED) is 0.340. The van der Waals surface area contributed by atoms with Crippen molar-refractivity contribution in [2.75, 3.05) is 13.1 Å². The normalized spacial score (nSPS) is 15.0. The Labute approximate surface area is 188 Å². The van der Waals surface area contributed by atoms with Gasteiger partial charge in [0.25, 0.3) is 11.8 Å². The molecular formula is C24H28N2O2S2. The molecule has 1 heterocycles. The standard InChI is InChI=1S/C24H28N2O2S2/c1-24(2,3)29-18-21-22(27)25(16-14-19-10-6-4-7-11-19)30-26(23(21)28)17-15-20-12-8-5-9-13-20/h4-13,18H,14-17H2,1-3H3. The van der Waals surface area contributed by atoms with Gasteiger partial charge in [0, 0.05) is 17.8 Å². The van der Waals surface area contributed by atoms with Crippen LogP contribution in [-0.2, 0) is 22.4 Å². The Morgan fingerprint density at radius 3 is 1.63 bits per heavy atom. The molecule has 4 nitrogen and oxygen atoms in total. The second-order valence-electron chi connectivity index (χ2n) is 8.13. The average molecular weight is 441 g/mol. The molecule has 0 atom stereocenters. The highest BCUT2D eigenvalue weighted by Gasteiger charge is 2.36. The zero-order valence-corrected chi connectivity index (χ0v) is 19.3. The molecule has 30 heavy (non-hydrogen) atoms. The third-order valence-corrected chi connectivity index (χ3v) is 6.69. The van der Waals surface area contributed by atoms with E-state index >= 15 is 0 Å². The van der Waals surface area contributed by atoms with Crippen LogP contribution in [0.3, 0.4) is 0 Å². The lowest BCUT2D eigenvalue weighted by atomic mass is 10.1. The van der Waals surface area contributed by atoms with Crippen molar-refractivity contribution < 1.29 is 9.59 Å². The van der Waals surface area contributed by atoms with E-state index in [0.717, 1.165) is 12.8 Å². The third kappa shape index (κ3) is 6.41. The van der Waals surface area contributed by atoms with Crippen LogP contribution in [0.25, 0.3) is 0 Å². The number of hydrogen-bond acceptors (Lipinski definition) is 4. The van der Waals surface area contributed by atoms with E-state index in [1.165, 1.54) is 35.0 Å². The predicted octanol–water partition coefficient (Wildman–Crippen LogP) is 5.12. The summed E-state index contributed by atoms with van der Waals surface area (Å²) < 4.78 is 3.37. The highest BCUT2D eigenvalue weighted by molar-refractivity contribution is 8.03. The van der Waals surface area contributed by atoms with Crippen LogP contribution < -0.4 is 0 Å². The van der Waals surface area contributed by atoms with Gasteiger partial charge in [0.1, 0.15) is 5.57 Å². The monoisotopic (exact) mass is 440 g/mol. The molecule has 1 aliphatic heterocycles. The van der Waals surface area contributed by atoms with Gasteiger partial charge in [-0.15, -0.1) is 11.8 Å². The molecule has 0 aromatic heterocycles. The Morgan fingerprint density at radius 2 is 1.23 bits per heavy atom. The minimum atomic E-state index is -0.200. The van der Waals surface area contributed by atoms with Crippen LogP contribution in [0.5, 0.6) is 0 Å². The summed E-state index contributed by atoms with van der Waals surface area (Å²) in [4.78, 5) is 26.1. The summed E-state index contributed by atoms with van der Waals surface area (Å²) in [5, 5.41) is 1.75. The van der Waals surface area contributed by atoms with Crippen molar-refractivity contribution in [2.45, 2.75) is 38.4 Å². The maximum absolute atomic E-state index is 13.1. The van der Waals surface area contributed by atoms with Gasteiger partial charge in [-0.25, -0.2) is 0 Å². The largest absolute Gasteiger partial charge is 0.271 e. The van der Waals surface area contributed by atoms with Gasteiger partial charge in [0.05, 0.1) is 12.1 Å². The summed E-state index contributed by atoms with van der Waals surface area (Å²) in [6, 6.07) is 20.2. The first-order valence-corrected chi connectivity index (χ1v) is 11.7. The van der Waals surface area contributed by atoms with Crippen molar-refractivity contribution in [2.24, 2.45) is 0 Å². The van der Waals surface area contributed by atoms with Crippen LogP contribution in [0.15, 0.2) is 71.6 Å². The van der Waals surface area contributed by atoms with Gasteiger partial charge in [-0.3, -0.25) is 18.2 Å². The summed E-state index contributed by atoms with van der Waals surface area (Å²) in [7, 11) is 0. The highest BCUT2D eigenvalue weighted by atomic mass is 32.2. The molecule has 3 rings (SSSR count). The first-order chi connectivity index (χ1) is 14.3. The summed E-state index contributed by atoms with van der Waals surface area (Å²) in [5.41, 5.74) is 2.61. The van der Waals surface area contributed by atoms with Gasteiger partial charge in [0.2, 0.25) is 0 Å². The number of rotatable bonds is 7. The summed E-state index contributed by atoms with van der Waals surface area (Å²) >= 11 is 2.76. The smallest absolute Gasteiger partial charge is 0.268 e. The molecule has 0 N–H and O–H groups in total. The first-order valence-electron chi connectivity index (χ1n) is 10.1. The molecule has 2 amide bonds. The number of nitrogens with zero attached hydrogens (tertiary/aromatic N) is 2. The van der Waals surface area contributed by atoms with E-state index in [0.29, 0.717) is 13.1 Å². The molecule has 158 valence electrons. The van der Waals surface area contributed by atoms with Crippen LogP contribution in [0.1, 0.15) is 31.9 Å². The fourth-order valence-corrected chi connectivity index (χ4v) is 4.53. The minimum absolute atomic E-state index is 0.0676. The lowest BCUT2D eigenvalue weighted by Crippen LogP contribution is -2.45. The van der Waals surface area contributed by atoms with Crippen LogP contribution in [-0.4, -0.2) is 38.3 Å². The molecule has 0 spiro atoms. The molecule has 0 bridgehead atoms. The number of amides is 2. The predicted molar refractivity (Wildman–Crippen MR) is 127 cm³/mol. The van der Waals surface area contributed by atoms with Gasteiger partial charge in [0.15, 0.2) is 0 Å². The zero-order chi connectivity index (χ0) is 21.6. The van der Waals surface area contributed by atoms with Gasteiger partial charge in [-0.05, 0) is 29.4 Å². The summed E-state index contributed by atoms with van der Waals surface area (Å²) in [6.45, 7) is 7.32. The number of benzene rings is 2. The van der Waals surface area contributed by atoms with Crippen LogP contribution >= 0.6 is 23.9 Å². The number of carbonyl (C=O) groups excluding carboxylic acids is 2. The van der Waals surface area contributed by atoms with E-state index < -0.39 is 0 Å². The Kier molecular flexibility index (Phi) is 7.67.